The minimum Gasteiger partial charge on any atom is -0.444 e. The number of likely N-dealkylation sites (N-methyl/N-ethyl adjacent to an activating group) is 1. The Bertz CT molecular complexity index is 661. The molecule has 6 heteroatoms. The second-order valence-electron chi connectivity index (χ2n) is 9.39. The van der Waals surface area contributed by atoms with E-state index in [0.29, 0.717) is 18.6 Å². The van der Waals surface area contributed by atoms with Gasteiger partial charge in [-0.2, -0.15) is 0 Å². The quantitative estimate of drug-likeness (QED) is 0.771. The summed E-state index contributed by atoms with van der Waals surface area (Å²) < 4.78 is 11.4. The Morgan fingerprint density at radius 1 is 1.21 bits per heavy atom. The topological polar surface area (TPSA) is 45.2 Å². The normalized spacial score (nSPS) is 25.6. The van der Waals surface area contributed by atoms with Crippen molar-refractivity contribution in [2.45, 2.75) is 57.8 Å². The van der Waals surface area contributed by atoms with E-state index in [4.69, 9.17) is 9.47 Å². The molecule has 3 unspecified atom stereocenters. The van der Waals surface area contributed by atoms with E-state index in [0.717, 1.165) is 39.3 Å². The van der Waals surface area contributed by atoms with Gasteiger partial charge in [0.25, 0.3) is 0 Å². The fourth-order valence-corrected chi connectivity index (χ4v) is 4.28. The molecule has 2 aliphatic heterocycles. The SMILES string of the molecule is CC1CN(C(CC2COCCN2C)c2ccccc2)CCN1C(=O)OC(C)(C)C. The number of hydrogen-bond donors (Lipinski definition) is 0. The third-order valence-corrected chi connectivity index (χ3v) is 5.93. The van der Waals surface area contributed by atoms with Gasteiger partial charge in [-0.05, 0) is 46.7 Å². The summed E-state index contributed by atoms with van der Waals surface area (Å²) in [4.78, 5) is 19.4. The molecule has 1 amide bonds. The van der Waals surface area contributed by atoms with Gasteiger partial charge in [0.1, 0.15) is 5.60 Å². The molecule has 2 fully saturated rings. The standard InChI is InChI=1S/C23H37N3O3/c1-18-16-25(11-12-26(18)22(27)29-23(2,3)4)21(19-9-7-6-8-10-19)15-20-17-28-14-13-24(20)5/h6-10,18,20-21H,11-17H2,1-5H3. The fourth-order valence-electron chi connectivity index (χ4n) is 4.28. The average Bonchev–Trinajstić information content (AvgIpc) is 2.66. The van der Waals surface area contributed by atoms with Gasteiger partial charge in [0.15, 0.2) is 0 Å². The second kappa shape index (κ2) is 9.45. The smallest absolute Gasteiger partial charge is 0.410 e. The van der Waals surface area contributed by atoms with Gasteiger partial charge in [0.05, 0.1) is 13.2 Å². The van der Waals surface area contributed by atoms with Crippen molar-refractivity contribution in [2.75, 3.05) is 46.4 Å². The number of amides is 1. The van der Waals surface area contributed by atoms with Crippen LogP contribution in [0.1, 0.15) is 45.7 Å². The molecule has 3 rings (SSSR count). The molecular formula is C23H37N3O3. The van der Waals surface area contributed by atoms with Crippen molar-refractivity contribution < 1.29 is 14.3 Å². The summed E-state index contributed by atoms with van der Waals surface area (Å²) in [5.74, 6) is 0. The van der Waals surface area contributed by atoms with E-state index < -0.39 is 5.60 Å². The van der Waals surface area contributed by atoms with Gasteiger partial charge in [-0.3, -0.25) is 9.80 Å². The van der Waals surface area contributed by atoms with Crippen molar-refractivity contribution in [1.29, 1.82) is 0 Å². The summed E-state index contributed by atoms with van der Waals surface area (Å²) in [6.45, 7) is 12.8. The molecule has 0 aliphatic carbocycles. The van der Waals surface area contributed by atoms with Gasteiger partial charge in [0.2, 0.25) is 0 Å². The van der Waals surface area contributed by atoms with Crippen molar-refractivity contribution in [2.24, 2.45) is 0 Å². The molecule has 0 N–H and O–H groups in total. The van der Waals surface area contributed by atoms with Crippen LogP contribution in [0.15, 0.2) is 30.3 Å². The van der Waals surface area contributed by atoms with Gasteiger partial charge in [-0.15, -0.1) is 0 Å². The first-order valence-corrected chi connectivity index (χ1v) is 10.8. The Hall–Kier alpha value is -1.63. The van der Waals surface area contributed by atoms with Crippen LogP contribution in [0, 0.1) is 0 Å². The molecular weight excluding hydrogens is 366 g/mol. The number of hydrogen-bond acceptors (Lipinski definition) is 5. The van der Waals surface area contributed by atoms with Crippen LogP contribution in [0.3, 0.4) is 0 Å². The molecule has 2 aliphatic rings. The summed E-state index contributed by atoms with van der Waals surface area (Å²) in [5.41, 5.74) is 0.871. The van der Waals surface area contributed by atoms with Crippen LogP contribution in [0.5, 0.6) is 0 Å². The van der Waals surface area contributed by atoms with E-state index in [1.807, 2.05) is 25.7 Å². The summed E-state index contributed by atoms with van der Waals surface area (Å²) in [6, 6.07) is 11.6. The van der Waals surface area contributed by atoms with Crippen LogP contribution in [0.25, 0.3) is 0 Å². The summed E-state index contributed by atoms with van der Waals surface area (Å²) in [6.07, 6.45) is 0.820. The fraction of sp³-hybridized carbons (Fsp3) is 0.696. The first kappa shape index (κ1) is 22.1. The minimum atomic E-state index is -0.466. The van der Waals surface area contributed by atoms with Crippen LogP contribution in [0.2, 0.25) is 0 Å². The highest BCUT2D eigenvalue weighted by Crippen LogP contribution is 2.30. The molecule has 162 valence electrons. The molecule has 1 aromatic carbocycles. The van der Waals surface area contributed by atoms with Crippen LogP contribution in [0.4, 0.5) is 4.79 Å². The van der Waals surface area contributed by atoms with Crippen molar-refractivity contribution in [3.8, 4) is 0 Å². The summed E-state index contributed by atoms with van der Waals surface area (Å²) >= 11 is 0. The molecule has 0 radical (unpaired) electrons. The van der Waals surface area contributed by atoms with E-state index in [2.05, 4.69) is 54.1 Å². The number of rotatable bonds is 4. The monoisotopic (exact) mass is 403 g/mol. The first-order chi connectivity index (χ1) is 13.7. The highest BCUT2D eigenvalue weighted by molar-refractivity contribution is 5.68. The first-order valence-electron chi connectivity index (χ1n) is 10.8. The van der Waals surface area contributed by atoms with Gasteiger partial charge in [-0.25, -0.2) is 4.79 Å². The lowest BCUT2D eigenvalue weighted by Gasteiger charge is -2.45. The number of morpholine rings is 1. The van der Waals surface area contributed by atoms with Crippen molar-refractivity contribution in [1.82, 2.24) is 14.7 Å². The van der Waals surface area contributed by atoms with Crippen molar-refractivity contribution in [3.63, 3.8) is 0 Å². The van der Waals surface area contributed by atoms with E-state index >= 15 is 0 Å². The largest absolute Gasteiger partial charge is 0.444 e. The van der Waals surface area contributed by atoms with E-state index in [-0.39, 0.29) is 12.1 Å². The molecule has 2 heterocycles. The highest BCUT2D eigenvalue weighted by atomic mass is 16.6. The molecule has 6 nitrogen and oxygen atoms in total. The third kappa shape index (κ3) is 5.93. The molecule has 1 aromatic rings. The molecule has 3 atom stereocenters. The Morgan fingerprint density at radius 2 is 1.93 bits per heavy atom. The highest BCUT2D eigenvalue weighted by Gasteiger charge is 2.35. The Balaban J connectivity index is 1.71. The zero-order valence-electron chi connectivity index (χ0n) is 18.6. The molecule has 29 heavy (non-hydrogen) atoms. The zero-order chi connectivity index (χ0) is 21.0. The maximum absolute atomic E-state index is 12.6. The Morgan fingerprint density at radius 3 is 2.55 bits per heavy atom. The van der Waals surface area contributed by atoms with Gasteiger partial charge in [-0.1, -0.05) is 30.3 Å². The minimum absolute atomic E-state index is 0.116. The van der Waals surface area contributed by atoms with Gasteiger partial charge in [0, 0.05) is 44.3 Å². The van der Waals surface area contributed by atoms with Crippen molar-refractivity contribution in [3.05, 3.63) is 35.9 Å². The maximum atomic E-state index is 12.6. The van der Waals surface area contributed by atoms with Gasteiger partial charge >= 0.3 is 6.09 Å². The van der Waals surface area contributed by atoms with E-state index in [9.17, 15) is 4.79 Å². The predicted octanol–water partition coefficient (Wildman–Crippen LogP) is 3.39. The summed E-state index contributed by atoms with van der Waals surface area (Å²) in [7, 11) is 2.19. The lowest BCUT2D eigenvalue weighted by atomic mass is 9.95. The van der Waals surface area contributed by atoms with Crippen LogP contribution in [-0.2, 0) is 9.47 Å². The Kier molecular flexibility index (Phi) is 7.19. The number of carbonyl (C=O) groups excluding carboxylic acids is 1. The third-order valence-electron chi connectivity index (χ3n) is 5.93. The molecule has 0 aromatic heterocycles. The number of piperazine rings is 1. The lowest BCUT2D eigenvalue weighted by Crippen LogP contribution is -2.56. The van der Waals surface area contributed by atoms with Crippen LogP contribution >= 0.6 is 0 Å². The second-order valence-corrected chi connectivity index (χ2v) is 9.39. The van der Waals surface area contributed by atoms with Crippen molar-refractivity contribution >= 4 is 6.09 Å². The molecule has 0 saturated carbocycles. The van der Waals surface area contributed by atoms with Crippen LogP contribution < -0.4 is 0 Å². The number of benzene rings is 1. The average molecular weight is 404 g/mol. The summed E-state index contributed by atoms with van der Waals surface area (Å²) in [5, 5.41) is 0. The molecule has 0 spiro atoms. The predicted molar refractivity (Wildman–Crippen MR) is 115 cm³/mol. The van der Waals surface area contributed by atoms with E-state index in [1.165, 1.54) is 5.56 Å². The molecule has 0 bridgehead atoms. The zero-order valence-corrected chi connectivity index (χ0v) is 18.6. The Labute approximate surface area is 175 Å². The maximum Gasteiger partial charge on any atom is 0.410 e. The van der Waals surface area contributed by atoms with E-state index in [1.54, 1.807) is 0 Å². The lowest BCUT2D eigenvalue weighted by molar-refractivity contribution is -0.0233. The number of ether oxygens (including phenoxy) is 2. The van der Waals surface area contributed by atoms with Crippen LogP contribution in [-0.4, -0.2) is 84.9 Å². The number of nitrogens with zero attached hydrogens (tertiary/aromatic N) is 3. The number of carbonyl (C=O) groups is 1. The van der Waals surface area contributed by atoms with Gasteiger partial charge < -0.3 is 14.4 Å². The molecule has 2 saturated heterocycles.